The van der Waals surface area contributed by atoms with E-state index in [1.807, 2.05) is 18.4 Å². The topological polar surface area (TPSA) is 21.3 Å². The van der Waals surface area contributed by atoms with Gasteiger partial charge >= 0.3 is 0 Å². The maximum Gasteiger partial charge on any atom is 0.0734 e. The predicted octanol–water partition coefficient (Wildman–Crippen LogP) is 4.72. The lowest BCUT2D eigenvalue weighted by Crippen LogP contribution is -2.06. The van der Waals surface area contributed by atoms with Gasteiger partial charge in [-0.3, -0.25) is 0 Å². The Morgan fingerprint density at radius 3 is 2.80 bits per heavy atom. The van der Waals surface area contributed by atoms with E-state index in [9.17, 15) is 0 Å². The van der Waals surface area contributed by atoms with Crippen molar-refractivity contribution in [2.45, 2.75) is 45.8 Å². The quantitative estimate of drug-likeness (QED) is 0.675. The molecule has 0 aliphatic heterocycles. The van der Waals surface area contributed by atoms with Gasteiger partial charge in [-0.25, -0.2) is 0 Å². The zero-order valence-electron chi connectivity index (χ0n) is 12.6. The SMILES string of the molecule is CCCCCCOCc1c(CNC)sc2ccccc12. The first kappa shape index (κ1) is 15.5. The fraction of sp³-hybridized carbons (Fsp3) is 0.529. The third-order valence-corrected chi connectivity index (χ3v) is 4.72. The molecule has 0 saturated carbocycles. The number of nitrogens with one attached hydrogen (secondary N) is 1. The van der Waals surface area contributed by atoms with E-state index < -0.39 is 0 Å². The highest BCUT2D eigenvalue weighted by Crippen LogP contribution is 2.31. The third-order valence-electron chi connectivity index (χ3n) is 3.51. The Balaban J connectivity index is 1.98. The summed E-state index contributed by atoms with van der Waals surface area (Å²) < 4.78 is 7.26. The first-order valence-electron chi connectivity index (χ1n) is 7.58. The second-order valence-electron chi connectivity index (χ2n) is 5.14. The van der Waals surface area contributed by atoms with Crippen molar-refractivity contribution < 1.29 is 4.74 Å². The van der Waals surface area contributed by atoms with Crippen LogP contribution in [0.3, 0.4) is 0 Å². The summed E-state index contributed by atoms with van der Waals surface area (Å²) in [4.78, 5) is 1.40. The van der Waals surface area contributed by atoms with Crippen LogP contribution in [0.5, 0.6) is 0 Å². The van der Waals surface area contributed by atoms with Crippen molar-refractivity contribution in [2.75, 3.05) is 13.7 Å². The maximum atomic E-state index is 5.90. The van der Waals surface area contributed by atoms with Crippen LogP contribution in [0.15, 0.2) is 24.3 Å². The van der Waals surface area contributed by atoms with E-state index >= 15 is 0 Å². The molecule has 0 bridgehead atoms. The van der Waals surface area contributed by atoms with E-state index in [0.717, 1.165) is 19.8 Å². The van der Waals surface area contributed by atoms with Gasteiger partial charge in [-0.05, 0) is 24.9 Å². The van der Waals surface area contributed by atoms with E-state index in [4.69, 9.17) is 4.74 Å². The average molecular weight is 291 g/mol. The Hall–Kier alpha value is -0.900. The second-order valence-corrected chi connectivity index (χ2v) is 6.28. The molecule has 3 heteroatoms. The molecule has 0 atom stereocenters. The van der Waals surface area contributed by atoms with Gasteiger partial charge in [-0.15, -0.1) is 11.3 Å². The molecule has 1 aromatic heterocycles. The molecule has 0 radical (unpaired) electrons. The zero-order chi connectivity index (χ0) is 14.2. The van der Waals surface area contributed by atoms with Gasteiger partial charge < -0.3 is 10.1 Å². The number of hydrogen-bond acceptors (Lipinski definition) is 3. The normalized spacial score (nSPS) is 11.3. The fourth-order valence-electron chi connectivity index (χ4n) is 2.42. The fourth-order valence-corrected chi connectivity index (χ4v) is 3.64. The van der Waals surface area contributed by atoms with Crippen LogP contribution in [-0.2, 0) is 17.9 Å². The summed E-state index contributed by atoms with van der Waals surface area (Å²) in [5, 5.41) is 4.62. The van der Waals surface area contributed by atoms with Gasteiger partial charge in [0.1, 0.15) is 0 Å². The van der Waals surface area contributed by atoms with Crippen LogP contribution in [0, 0.1) is 0 Å². The number of hydrogen-bond donors (Lipinski definition) is 1. The minimum Gasteiger partial charge on any atom is -0.377 e. The highest BCUT2D eigenvalue weighted by molar-refractivity contribution is 7.19. The molecule has 0 spiro atoms. The van der Waals surface area contributed by atoms with Gasteiger partial charge in [0.15, 0.2) is 0 Å². The molecule has 0 fully saturated rings. The Labute approximate surface area is 126 Å². The van der Waals surface area contributed by atoms with Crippen LogP contribution in [-0.4, -0.2) is 13.7 Å². The highest BCUT2D eigenvalue weighted by Gasteiger charge is 2.11. The second kappa shape index (κ2) is 8.40. The van der Waals surface area contributed by atoms with Crippen molar-refractivity contribution in [3.63, 3.8) is 0 Å². The number of fused-ring (bicyclic) bond motifs is 1. The first-order chi connectivity index (χ1) is 9.86. The third kappa shape index (κ3) is 4.05. The molecule has 2 rings (SSSR count). The largest absolute Gasteiger partial charge is 0.377 e. The molecule has 1 N–H and O–H groups in total. The van der Waals surface area contributed by atoms with Crippen LogP contribution in [0.1, 0.15) is 43.0 Å². The van der Waals surface area contributed by atoms with Crippen LogP contribution in [0.25, 0.3) is 10.1 Å². The number of rotatable bonds is 9. The molecule has 1 aromatic carbocycles. The van der Waals surface area contributed by atoms with Crippen molar-refractivity contribution in [3.05, 3.63) is 34.7 Å². The summed E-state index contributed by atoms with van der Waals surface area (Å²) in [6.07, 6.45) is 5.05. The molecule has 20 heavy (non-hydrogen) atoms. The van der Waals surface area contributed by atoms with Gasteiger partial charge in [-0.1, -0.05) is 44.4 Å². The lowest BCUT2D eigenvalue weighted by atomic mass is 10.1. The highest BCUT2D eigenvalue weighted by atomic mass is 32.1. The van der Waals surface area contributed by atoms with Crippen molar-refractivity contribution in [1.82, 2.24) is 5.32 Å². The molecule has 0 aliphatic rings. The monoisotopic (exact) mass is 291 g/mol. The minimum atomic E-state index is 0.743. The number of benzene rings is 1. The smallest absolute Gasteiger partial charge is 0.0734 e. The van der Waals surface area contributed by atoms with E-state index in [-0.39, 0.29) is 0 Å². The molecule has 0 aliphatic carbocycles. The van der Waals surface area contributed by atoms with Gasteiger partial charge in [0, 0.05) is 28.3 Å². The summed E-state index contributed by atoms with van der Waals surface area (Å²) in [5.74, 6) is 0. The van der Waals surface area contributed by atoms with Crippen molar-refractivity contribution in [3.8, 4) is 0 Å². The molecule has 2 nitrogen and oxygen atoms in total. The molecular weight excluding hydrogens is 266 g/mol. The van der Waals surface area contributed by atoms with E-state index in [2.05, 4.69) is 36.5 Å². The molecular formula is C17H25NOS. The Morgan fingerprint density at radius 2 is 2.00 bits per heavy atom. The summed E-state index contributed by atoms with van der Waals surface area (Å²) in [6, 6.07) is 8.63. The molecule has 110 valence electrons. The molecule has 0 saturated heterocycles. The summed E-state index contributed by atoms with van der Waals surface area (Å²) in [7, 11) is 2.00. The molecule has 1 heterocycles. The number of unbranched alkanes of at least 4 members (excludes halogenated alkanes) is 3. The van der Waals surface area contributed by atoms with Gasteiger partial charge in [0.2, 0.25) is 0 Å². The number of thiophene rings is 1. The van der Waals surface area contributed by atoms with Crippen LogP contribution >= 0.6 is 11.3 Å². The van der Waals surface area contributed by atoms with Gasteiger partial charge in [-0.2, -0.15) is 0 Å². The van der Waals surface area contributed by atoms with Crippen LogP contribution in [0.2, 0.25) is 0 Å². The Bertz CT molecular complexity index is 521. The molecule has 0 unspecified atom stereocenters. The van der Waals surface area contributed by atoms with Crippen LogP contribution in [0.4, 0.5) is 0 Å². The van der Waals surface area contributed by atoms with E-state index in [0.29, 0.717) is 0 Å². The standard InChI is InChI=1S/C17H25NOS/c1-3-4-5-8-11-19-13-15-14-9-6-7-10-16(14)20-17(15)12-18-2/h6-7,9-10,18H,3-5,8,11-13H2,1-2H3. The molecule has 0 amide bonds. The summed E-state index contributed by atoms with van der Waals surface area (Å²) >= 11 is 1.88. The minimum absolute atomic E-state index is 0.743. The predicted molar refractivity (Wildman–Crippen MR) is 88.4 cm³/mol. The van der Waals surface area contributed by atoms with Crippen molar-refractivity contribution in [1.29, 1.82) is 0 Å². The lowest BCUT2D eigenvalue weighted by molar-refractivity contribution is 0.117. The van der Waals surface area contributed by atoms with Crippen molar-refractivity contribution in [2.24, 2.45) is 0 Å². The Morgan fingerprint density at radius 1 is 1.15 bits per heavy atom. The molecule has 2 aromatic rings. The maximum absolute atomic E-state index is 5.90. The van der Waals surface area contributed by atoms with Crippen molar-refractivity contribution >= 4 is 21.4 Å². The first-order valence-corrected chi connectivity index (χ1v) is 8.40. The van der Waals surface area contributed by atoms with E-state index in [1.165, 1.54) is 46.2 Å². The number of ether oxygens (including phenoxy) is 1. The Kier molecular flexibility index (Phi) is 6.51. The lowest BCUT2D eigenvalue weighted by Gasteiger charge is -2.06. The van der Waals surface area contributed by atoms with Crippen LogP contribution < -0.4 is 5.32 Å². The summed E-state index contributed by atoms with van der Waals surface area (Å²) in [5.41, 5.74) is 1.37. The van der Waals surface area contributed by atoms with Gasteiger partial charge in [0.25, 0.3) is 0 Å². The zero-order valence-corrected chi connectivity index (χ0v) is 13.4. The average Bonchev–Trinajstić information content (AvgIpc) is 2.81. The summed E-state index contributed by atoms with van der Waals surface area (Å²) in [6.45, 7) is 4.78. The van der Waals surface area contributed by atoms with E-state index in [1.54, 1.807) is 0 Å². The van der Waals surface area contributed by atoms with Gasteiger partial charge in [0.05, 0.1) is 6.61 Å².